The quantitative estimate of drug-likeness (QED) is 0.648. The number of hydrogen-bond donors (Lipinski definition) is 0. The Morgan fingerprint density at radius 1 is 1.33 bits per heavy atom. The molecule has 0 bridgehead atoms. The van der Waals surface area contributed by atoms with E-state index in [1.807, 2.05) is 0 Å². The zero-order valence-corrected chi connectivity index (χ0v) is 10.9. The fourth-order valence-corrected chi connectivity index (χ4v) is 1.04. The van der Waals surface area contributed by atoms with Gasteiger partial charge in [0.1, 0.15) is 6.04 Å². The molecular formula is C9H17NO4V. The summed E-state index contributed by atoms with van der Waals surface area (Å²) in [6, 6.07) is -0.362. The Morgan fingerprint density at radius 3 is 2.20 bits per heavy atom. The Kier molecular flexibility index (Phi) is 9.87. The fourth-order valence-electron chi connectivity index (χ4n) is 1.04. The predicted molar refractivity (Wildman–Crippen MR) is 50.7 cm³/mol. The number of hydrogen-bond acceptors (Lipinski definition) is 5. The third-order valence-electron chi connectivity index (χ3n) is 1.79. The van der Waals surface area contributed by atoms with Gasteiger partial charge in [-0.1, -0.05) is 0 Å². The van der Waals surface area contributed by atoms with Crippen LogP contribution in [0.25, 0.3) is 0 Å². The molecule has 15 heavy (non-hydrogen) atoms. The molecule has 1 unspecified atom stereocenters. The van der Waals surface area contributed by atoms with E-state index < -0.39 is 0 Å². The summed E-state index contributed by atoms with van der Waals surface area (Å²) in [5.41, 5.74) is 0. The summed E-state index contributed by atoms with van der Waals surface area (Å²) in [5.74, 6) is -0.658. The molecule has 0 spiro atoms. The minimum atomic E-state index is -0.362. The van der Waals surface area contributed by atoms with Crippen molar-refractivity contribution in [1.82, 2.24) is 4.90 Å². The van der Waals surface area contributed by atoms with Gasteiger partial charge in [-0.3, -0.25) is 14.5 Å². The van der Waals surface area contributed by atoms with E-state index in [9.17, 15) is 9.59 Å². The number of carbonyl (C=O) groups is 2. The maximum Gasteiger partial charge on any atom is 0.323 e. The molecule has 0 saturated heterocycles. The van der Waals surface area contributed by atoms with Crippen molar-refractivity contribution in [3.05, 3.63) is 0 Å². The maximum absolute atomic E-state index is 11.2. The van der Waals surface area contributed by atoms with E-state index in [-0.39, 0.29) is 43.1 Å². The van der Waals surface area contributed by atoms with Gasteiger partial charge in [0.2, 0.25) is 0 Å². The first-order chi connectivity index (χ1) is 6.49. The molecule has 0 aliphatic heterocycles. The van der Waals surface area contributed by atoms with Crippen LogP contribution in [0.4, 0.5) is 0 Å². The first-order valence-electron chi connectivity index (χ1n) is 4.36. The first kappa shape index (κ1) is 16.9. The van der Waals surface area contributed by atoms with Crippen molar-refractivity contribution in [2.75, 3.05) is 27.8 Å². The Labute approximate surface area is 102 Å². The molecule has 0 aromatic heterocycles. The van der Waals surface area contributed by atoms with Gasteiger partial charge >= 0.3 is 11.9 Å². The van der Waals surface area contributed by atoms with Crippen molar-refractivity contribution in [1.29, 1.82) is 0 Å². The summed E-state index contributed by atoms with van der Waals surface area (Å²) in [7, 11) is 4.88. The normalized spacial score (nSPS) is 11.5. The SMILES string of the molecule is COC(=O)C(CCOC(C)=O)N(C)C.[V]. The van der Waals surface area contributed by atoms with Crippen LogP contribution in [-0.2, 0) is 37.6 Å². The summed E-state index contributed by atoms with van der Waals surface area (Å²) in [5, 5.41) is 0. The Morgan fingerprint density at radius 2 is 1.87 bits per heavy atom. The largest absolute Gasteiger partial charge is 0.468 e. The third-order valence-corrected chi connectivity index (χ3v) is 1.79. The fraction of sp³-hybridized carbons (Fsp3) is 0.778. The van der Waals surface area contributed by atoms with Crippen LogP contribution in [0.2, 0.25) is 0 Å². The average Bonchev–Trinajstić information content (AvgIpc) is 2.10. The molecule has 1 radical (unpaired) electrons. The van der Waals surface area contributed by atoms with Gasteiger partial charge in [-0.25, -0.2) is 0 Å². The van der Waals surface area contributed by atoms with Crippen molar-refractivity contribution < 1.29 is 37.6 Å². The molecule has 0 aromatic carbocycles. The van der Waals surface area contributed by atoms with Crippen LogP contribution in [0, 0.1) is 0 Å². The van der Waals surface area contributed by atoms with E-state index in [1.54, 1.807) is 19.0 Å². The molecular weight excluding hydrogens is 237 g/mol. The van der Waals surface area contributed by atoms with Gasteiger partial charge in [0.15, 0.2) is 0 Å². The Bertz CT molecular complexity index is 208. The molecule has 0 heterocycles. The summed E-state index contributed by atoms with van der Waals surface area (Å²) < 4.78 is 9.35. The van der Waals surface area contributed by atoms with E-state index >= 15 is 0 Å². The molecule has 6 heteroatoms. The second-order valence-corrected chi connectivity index (χ2v) is 3.13. The molecule has 0 amide bonds. The molecule has 0 rings (SSSR count). The van der Waals surface area contributed by atoms with E-state index in [1.165, 1.54) is 14.0 Å². The molecule has 0 saturated carbocycles. The maximum atomic E-state index is 11.2. The van der Waals surface area contributed by atoms with Crippen molar-refractivity contribution in [2.24, 2.45) is 0 Å². The average molecular weight is 254 g/mol. The molecule has 5 nitrogen and oxygen atoms in total. The number of likely N-dealkylation sites (N-methyl/N-ethyl adjacent to an activating group) is 1. The van der Waals surface area contributed by atoms with Crippen molar-refractivity contribution >= 4 is 11.9 Å². The number of ether oxygens (including phenoxy) is 2. The van der Waals surface area contributed by atoms with Crippen molar-refractivity contribution in [3.8, 4) is 0 Å². The molecule has 0 N–H and O–H groups in total. The van der Waals surface area contributed by atoms with E-state index in [4.69, 9.17) is 4.74 Å². The van der Waals surface area contributed by atoms with Crippen LogP contribution in [0.3, 0.4) is 0 Å². The molecule has 87 valence electrons. The first-order valence-corrected chi connectivity index (χ1v) is 4.36. The van der Waals surface area contributed by atoms with Gasteiger partial charge in [-0.15, -0.1) is 0 Å². The van der Waals surface area contributed by atoms with Crippen LogP contribution in [0.1, 0.15) is 13.3 Å². The Balaban J connectivity index is 0. The zero-order chi connectivity index (χ0) is 11.1. The van der Waals surface area contributed by atoms with Crippen molar-refractivity contribution in [2.45, 2.75) is 19.4 Å². The molecule has 0 aliphatic rings. The van der Waals surface area contributed by atoms with Crippen LogP contribution in [-0.4, -0.2) is 50.7 Å². The van der Waals surface area contributed by atoms with Crippen LogP contribution >= 0.6 is 0 Å². The number of carbonyl (C=O) groups excluding carboxylic acids is 2. The number of methoxy groups -OCH3 is 1. The smallest absolute Gasteiger partial charge is 0.323 e. The molecule has 0 aliphatic carbocycles. The standard InChI is InChI=1S/C9H17NO4.V/c1-7(11)14-6-5-8(10(2)3)9(12)13-4;/h8H,5-6H2,1-4H3;. The Hall–Kier alpha value is -0.516. The number of esters is 2. The minimum Gasteiger partial charge on any atom is -0.468 e. The number of rotatable bonds is 5. The summed E-state index contributed by atoms with van der Waals surface area (Å²) in [6.45, 7) is 1.57. The van der Waals surface area contributed by atoms with E-state index in [0.29, 0.717) is 6.42 Å². The summed E-state index contributed by atoms with van der Waals surface area (Å²) in [6.07, 6.45) is 0.444. The van der Waals surface area contributed by atoms with E-state index in [0.717, 1.165) is 0 Å². The van der Waals surface area contributed by atoms with Crippen LogP contribution < -0.4 is 0 Å². The van der Waals surface area contributed by atoms with Gasteiger partial charge in [-0.05, 0) is 14.1 Å². The number of nitrogens with zero attached hydrogens (tertiary/aromatic N) is 1. The summed E-state index contributed by atoms with van der Waals surface area (Å²) >= 11 is 0. The van der Waals surface area contributed by atoms with Gasteiger partial charge < -0.3 is 9.47 Å². The van der Waals surface area contributed by atoms with Gasteiger partial charge in [0.25, 0.3) is 0 Å². The predicted octanol–water partition coefficient (Wildman–Crippen LogP) is 0.0403. The third kappa shape index (κ3) is 7.42. The molecule has 1 atom stereocenters. The van der Waals surface area contributed by atoms with E-state index in [2.05, 4.69) is 4.74 Å². The minimum absolute atomic E-state index is 0. The van der Waals surface area contributed by atoms with Gasteiger partial charge in [0.05, 0.1) is 13.7 Å². The second kappa shape index (κ2) is 8.77. The van der Waals surface area contributed by atoms with Crippen LogP contribution in [0.15, 0.2) is 0 Å². The molecule has 0 aromatic rings. The summed E-state index contributed by atoms with van der Waals surface area (Å²) in [4.78, 5) is 23.4. The monoisotopic (exact) mass is 254 g/mol. The topological polar surface area (TPSA) is 55.8 Å². The van der Waals surface area contributed by atoms with Crippen LogP contribution in [0.5, 0.6) is 0 Å². The zero-order valence-electron chi connectivity index (χ0n) is 9.52. The molecule has 0 fully saturated rings. The van der Waals surface area contributed by atoms with Gasteiger partial charge in [0, 0.05) is 31.9 Å². The van der Waals surface area contributed by atoms with Gasteiger partial charge in [-0.2, -0.15) is 0 Å². The van der Waals surface area contributed by atoms with Crippen molar-refractivity contribution in [3.63, 3.8) is 0 Å². The second-order valence-electron chi connectivity index (χ2n) is 3.13.